The maximum absolute atomic E-state index is 13.3. The average Bonchev–Trinajstić information content (AvgIpc) is 3.40. The van der Waals surface area contributed by atoms with Crippen LogP contribution in [-0.2, 0) is 13.5 Å². The largest absolute Gasteiger partial charge is 0.361 e. The highest BCUT2D eigenvalue weighted by Gasteiger charge is 2.37. The van der Waals surface area contributed by atoms with Gasteiger partial charge in [0, 0.05) is 25.9 Å². The zero-order valence-electron chi connectivity index (χ0n) is 16.0. The molecule has 0 unspecified atom stereocenters. The van der Waals surface area contributed by atoms with Gasteiger partial charge in [-0.15, -0.1) is 0 Å². The molecule has 142 valence electrons. The lowest BCUT2D eigenvalue weighted by molar-refractivity contribution is 0.0730. The number of hydrogen-bond donors (Lipinski definition) is 0. The van der Waals surface area contributed by atoms with Gasteiger partial charge < -0.3 is 13.9 Å². The monoisotopic (exact) mass is 369 g/mol. The third-order valence-corrected chi connectivity index (χ3v) is 5.06. The lowest BCUT2D eigenvalue weighted by Crippen LogP contribution is -2.32. The number of aromatic nitrogens is 4. The van der Waals surface area contributed by atoms with Gasteiger partial charge in [0.15, 0.2) is 5.76 Å². The van der Waals surface area contributed by atoms with Crippen LogP contribution >= 0.6 is 0 Å². The van der Waals surface area contributed by atoms with E-state index in [1.54, 1.807) is 11.6 Å². The van der Waals surface area contributed by atoms with Crippen molar-refractivity contribution in [3.05, 3.63) is 40.7 Å². The summed E-state index contributed by atoms with van der Waals surface area (Å²) in [4.78, 5) is 15.2. The van der Waals surface area contributed by atoms with E-state index in [0.29, 0.717) is 35.7 Å². The Morgan fingerprint density at radius 1 is 1.30 bits per heavy atom. The van der Waals surface area contributed by atoms with E-state index < -0.39 is 0 Å². The van der Waals surface area contributed by atoms with Crippen molar-refractivity contribution < 1.29 is 13.8 Å². The Morgan fingerprint density at radius 2 is 2.11 bits per heavy atom. The summed E-state index contributed by atoms with van der Waals surface area (Å²) in [7, 11) is 1.87. The van der Waals surface area contributed by atoms with Crippen LogP contribution in [0.1, 0.15) is 59.0 Å². The molecule has 1 aliphatic rings. The van der Waals surface area contributed by atoms with Crippen LogP contribution in [0.15, 0.2) is 21.3 Å². The summed E-state index contributed by atoms with van der Waals surface area (Å²) in [6.45, 7) is 6.32. The Morgan fingerprint density at radius 3 is 2.81 bits per heavy atom. The summed E-state index contributed by atoms with van der Waals surface area (Å²) in [5.41, 5.74) is 3.81. The number of aryl methyl sites for hydroxylation is 4. The Balaban J connectivity index is 1.72. The topological polar surface area (TPSA) is 90.2 Å². The predicted molar refractivity (Wildman–Crippen MR) is 97.1 cm³/mol. The highest BCUT2D eigenvalue weighted by atomic mass is 16.5. The van der Waals surface area contributed by atoms with E-state index in [2.05, 4.69) is 15.4 Å². The standard InChI is InChI=1S/C19H23N5O3/c1-5-14-17(12(3)26-22-14)19(25)24-8-6-7-15(24)18-13(10-23(4)20-18)16-9-11(2)21-27-16/h9-10,15H,5-8H2,1-4H3/t15-/m0/s1. The van der Waals surface area contributed by atoms with Crippen molar-refractivity contribution in [3.63, 3.8) is 0 Å². The van der Waals surface area contributed by atoms with Crippen molar-refractivity contribution >= 4 is 5.91 Å². The van der Waals surface area contributed by atoms with Crippen LogP contribution in [0, 0.1) is 13.8 Å². The van der Waals surface area contributed by atoms with Crippen molar-refractivity contribution in [2.24, 2.45) is 7.05 Å². The van der Waals surface area contributed by atoms with Crippen molar-refractivity contribution in [1.29, 1.82) is 0 Å². The number of carbonyl (C=O) groups is 1. The van der Waals surface area contributed by atoms with Gasteiger partial charge in [-0.3, -0.25) is 9.48 Å². The van der Waals surface area contributed by atoms with E-state index in [0.717, 1.165) is 29.8 Å². The van der Waals surface area contributed by atoms with Crippen molar-refractivity contribution in [1.82, 2.24) is 25.0 Å². The molecular weight excluding hydrogens is 346 g/mol. The minimum Gasteiger partial charge on any atom is -0.361 e. The molecule has 0 spiro atoms. The zero-order chi connectivity index (χ0) is 19.1. The van der Waals surface area contributed by atoms with Gasteiger partial charge in [-0.05, 0) is 33.1 Å². The summed E-state index contributed by atoms with van der Waals surface area (Å²) < 4.78 is 12.5. The van der Waals surface area contributed by atoms with Crippen LogP contribution in [-0.4, -0.2) is 37.4 Å². The molecule has 8 heteroatoms. The number of carbonyl (C=O) groups excluding carboxylic acids is 1. The fourth-order valence-corrected chi connectivity index (χ4v) is 3.80. The van der Waals surface area contributed by atoms with Crippen LogP contribution in [0.4, 0.5) is 0 Å². The number of nitrogens with zero attached hydrogens (tertiary/aromatic N) is 5. The SMILES string of the molecule is CCc1noc(C)c1C(=O)N1CCC[C@H]1c1nn(C)cc1-c1cc(C)no1. The molecule has 1 atom stereocenters. The van der Waals surface area contributed by atoms with Crippen molar-refractivity contribution in [2.75, 3.05) is 6.54 Å². The summed E-state index contributed by atoms with van der Waals surface area (Å²) in [5, 5.41) is 12.7. The quantitative estimate of drug-likeness (QED) is 0.701. The van der Waals surface area contributed by atoms with E-state index >= 15 is 0 Å². The fourth-order valence-electron chi connectivity index (χ4n) is 3.80. The Kier molecular flexibility index (Phi) is 4.33. The smallest absolute Gasteiger partial charge is 0.259 e. The first-order valence-electron chi connectivity index (χ1n) is 9.23. The summed E-state index contributed by atoms with van der Waals surface area (Å²) in [6, 6.07) is 1.78. The molecule has 3 aromatic rings. The van der Waals surface area contributed by atoms with Crippen LogP contribution in [0.2, 0.25) is 0 Å². The van der Waals surface area contributed by atoms with Gasteiger partial charge in [0.2, 0.25) is 0 Å². The second-order valence-corrected chi connectivity index (χ2v) is 7.00. The molecule has 1 saturated heterocycles. The van der Waals surface area contributed by atoms with E-state index in [1.165, 1.54) is 0 Å². The molecule has 0 N–H and O–H groups in total. The van der Waals surface area contributed by atoms with Gasteiger partial charge in [-0.2, -0.15) is 5.10 Å². The molecular formula is C19H23N5O3. The normalized spacial score (nSPS) is 17.0. The lowest BCUT2D eigenvalue weighted by atomic mass is 10.0. The van der Waals surface area contributed by atoms with Gasteiger partial charge in [-0.25, -0.2) is 0 Å². The molecule has 0 aromatic carbocycles. The fraction of sp³-hybridized carbons (Fsp3) is 0.474. The maximum atomic E-state index is 13.3. The molecule has 0 aliphatic carbocycles. The molecule has 0 bridgehead atoms. The van der Waals surface area contributed by atoms with E-state index in [9.17, 15) is 4.79 Å². The number of hydrogen-bond acceptors (Lipinski definition) is 6. The third-order valence-electron chi connectivity index (χ3n) is 5.06. The third kappa shape index (κ3) is 2.94. The second kappa shape index (κ2) is 6.68. The highest BCUT2D eigenvalue weighted by Crippen LogP contribution is 2.38. The van der Waals surface area contributed by atoms with Gasteiger partial charge in [0.1, 0.15) is 11.3 Å². The molecule has 4 rings (SSSR count). The van der Waals surface area contributed by atoms with Crippen LogP contribution in [0.25, 0.3) is 11.3 Å². The van der Waals surface area contributed by atoms with E-state index in [1.807, 2.05) is 38.1 Å². The van der Waals surface area contributed by atoms with Crippen molar-refractivity contribution in [2.45, 2.75) is 46.1 Å². The molecule has 1 fully saturated rings. The Labute approximate surface area is 157 Å². The lowest BCUT2D eigenvalue weighted by Gasteiger charge is -2.24. The molecule has 8 nitrogen and oxygen atoms in total. The Hall–Kier alpha value is -2.90. The van der Waals surface area contributed by atoms with Crippen LogP contribution in [0.3, 0.4) is 0 Å². The minimum absolute atomic E-state index is 0.0431. The molecule has 3 aromatic heterocycles. The first-order chi connectivity index (χ1) is 13.0. The van der Waals surface area contributed by atoms with Gasteiger partial charge in [-0.1, -0.05) is 17.2 Å². The Bertz CT molecular complexity index is 984. The minimum atomic E-state index is -0.113. The molecule has 27 heavy (non-hydrogen) atoms. The van der Waals surface area contributed by atoms with E-state index in [4.69, 9.17) is 9.05 Å². The van der Waals surface area contributed by atoms with Crippen LogP contribution in [0.5, 0.6) is 0 Å². The first kappa shape index (κ1) is 17.5. The number of likely N-dealkylation sites (tertiary alicyclic amines) is 1. The predicted octanol–water partition coefficient (Wildman–Crippen LogP) is 3.22. The van der Waals surface area contributed by atoms with Gasteiger partial charge in [0.05, 0.1) is 28.7 Å². The number of amides is 1. The number of rotatable bonds is 4. The zero-order valence-corrected chi connectivity index (χ0v) is 16.0. The average molecular weight is 369 g/mol. The first-order valence-corrected chi connectivity index (χ1v) is 9.23. The van der Waals surface area contributed by atoms with Gasteiger partial charge >= 0.3 is 0 Å². The van der Waals surface area contributed by atoms with Crippen molar-refractivity contribution in [3.8, 4) is 11.3 Å². The molecule has 1 amide bonds. The van der Waals surface area contributed by atoms with Gasteiger partial charge in [0.25, 0.3) is 5.91 Å². The molecule has 0 saturated carbocycles. The summed E-state index contributed by atoms with van der Waals surface area (Å²) in [5.74, 6) is 1.19. The second-order valence-electron chi connectivity index (χ2n) is 7.00. The maximum Gasteiger partial charge on any atom is 0.259 e. The highest BCUT2D eigenvalue weighted by molar-refractivity contribution is 5.96. The summed E-state index contributed by atoms with van der Waals surface area (Å²) in [6.07, 6.45) is 4.35. The summed E-state index contributed by atoms with van der Waals surface area (Å²) >= 11 is 0. The molecule has 4 heterocycles. The van der Waals surface area contributed by atoms with E-state index in [-0.39, 0.29) is 11.9 Å². The molecule has 0 radical (unpaired) electrons. The van der Waals surface area contributed by atoms with Crippen LogP contribution < -0.4 is 0 Å². The molecule has 1 aliphatic heterocycles.